The van der Waals surface area contributed by atoms with E-state index in [1.807, 2.05) is 0 Å². The van der Waals surface area contributed by atoms with Crippen LogP contribution in [0.25, 0.3) is 0 Å². The lowest BCUT2D eigenvalue weighted by Gasteiger charge is -2.23. The van der Waals surface area contributed by atoms with E-state index in [2.05, 4.69) is 21.0 Å². The molecule has 0 N–H and O–H groups in total. The fourth-order valence-corrected chi connectivity index (χ4v) is 1.74. The van der Waals surface area contributed by atoms with Crippen LogP contribution in [0.15, 0.2) is 10.7 Å². The van der Waals surface area contributed by atoms with Crippen molar-refractivity contribution in [1.29, 1.82) is 0 Å². The van der Waals surface area contributed by atoms with Crippen molar-refractivity contribution in [3.63, 3.8) is 0 Å². The van der Waals surface area contributed by atoms with Gasteiger partial charge in [-0.15, -0.1) is 0 Å². The molecule has 0 saturated carbocycles. The summed E-state index contributed by atoms with van der Waals surface area (Å²) in [7, 11) is 1.80. The van der Waals surface area contributed by atoms with E-state index in [1.165, 1.54) is 0 Å². The first-order valence-electron chi connectivity index (χ1n) is 3.67. The Morgan fingerprint density at radius 3 is 3.08 bits per heavy atom. The van der Waals surface area contributed by atoms with E-state index in [4.69, 9.17) is 0 Å². The fraction of sp³-hybridized carbons (Fsp3) is 0.429. The van der Waals surface area contributed by atoms with Crippen molar-refractivity contribution in [2.75, 3.05) is 13.6 Å². The third kappa shape index (κ3) is 0.964. The number of fused-ring (bicyclic) bond motifs is 1. The molecular weight excluding hydrogens is 222 g/mol. The van der Waals surface area contributed by atoms with Crippen LogP contribution in [0, 0.1) is 0 Å². The van der Waals surface area contributed by atoms with Gasteiger partial charge in [0.15, 0.2) is 0 Å². The Balaban J connectivity index is 2.53. The van der Waals surface area contributed by atoms with Crippen LogP contribution in [0.3, 0.4) is 0 Å². The summed E-state index contributed by atoms with van der Waals surface area (Å²) in [5.41, 5.74) is 0.656. The quantitative estimate of drug-likeness (QED) is 0.659. The second-order valence-corrected chi connectivity index (χ2v) is 3.65. The second-order valence-electron chi connectivity index (χ2n) is 2.79. The molecule has 5 heteroatoms. The number of rotatable bonds is 0. The highest BCUT2D eigenvalue weighted by Gasteiger charge is 2.24. The maximum absolute atomic E-state index is 11.5. The Morgan fingerprint density at radius 1 is 1.58 bits per heavy atom. The first kappa shape index (κ1) is 7.79. The molecule has 12 heavy (non-hydrogen) atoms. The lowest BCUT2D eigenvalue weighted by molar-refractivity contribution is 0.0741. The summed E-state index contributed by atoms with van der Waals surface area (Å²) in [5.74, 6) is 0.0330. The first-order valence-corrected chi connectivity index (χ1v) is 4.46. The Kier molecular flexibility index (Phi) is 1.68. The minimum atomic E-state index is 0.0330. The summed E-state index contributed by atoms with van der Waals surface area (Å²) < 4.78 is 2.51. The Morgan fingerprint density at radius 2 is 2.33 bits per heavy atom. The van der Waals surface area contributed by atoms with Gasteiger partial charge in [0.2, 0.25) is 0 Å². The molecule has 0 aromatic carbocycles. The Bertz CT molecular complexity index is 333. The number of carbonyl (C=O) groups excluding carboxylic acids is 1. The SMILES string of the molecule is CN1CCn2ncc(Br)c2C1=O. The predicted octanol–water partition coefficient (Wildman–Crippen LogP) is 0.731. The number of carbonyl (C=O) groups is 1. The lowest BCUT2D eigenvalue weighted by atomic mass is 10.3. The number of aromatic nitrogens is 2. The summed E-state index contributed by atoms with van der Waals surface area (Å²) in [6.45, 7) is 1.52. The van der Waals surface area contributed by atoms with Crippen LogP contribution in [0.1, 0.15) is 10.5 Å². The van der Waals surface area contributed by atoms with E-state index in [-0.39, 0.29) is 5.91 Å². The Labute approximate surface area is 78.3 Å². The maximum atomic E-state index is 11.5. The van der Waals surface area contributed by atoms with E-state index in [1.54, 1.807) is 22.8 Å². The molecule has 0 bridgehead atoms. The van der Waals surface area contributed by atoms with Gasteiger partial charge in [-0.05, 0) is 15.9 Å². The van der Waals surface area contributed by atoms with Crippen molar-refractivity contribution in [3.8, 4) is 0 Å². The molecule has 64 valence electrons. The van der Waals surface area contributed by atoms with Crippen LogP contribution in [-0.4, -0.2) is 34.2 Å². The smallest absolute Gasteiger partial charge is 0.273 e. The molecule has 1 amide bonds. The maximum Gasteiger partial charge on any atom is 0.273 e. The van der Waals surface area contributed by atoms with Crippen molar-refractivity contribution in [2.24, 2.45) is 0 Å². The minimum Gasteiger partial charge on any atom is -0.338 e. The highest BCUT2D eigenvalue weighted by atomic mass is 79.9. The van der Waals surface area contributed by atoms with Gasteiger partial charge in [-0.2, -0.15) is 5.10 Å². The summed E-state index contributed by atoms with van der Waals surface area (Å²) >= 11 is 3.29. The van der Waals surface area contributed by atoms with Gasteiger partial charge in [0.1, 0.15) is 5.69 Å². The zero-order chi connectivity index (χ0) is 8.72. The molecule has 1 aromatic heterocycles. The van der Waals surface area contributed by atoms with Gasteiger partial charge in [0.05, 0.1) is 17.2 Å². The molecule has 2 heterocycles. The molecule has 0 aliphatic carbocycles. The number of likely N-dealkylation sites (N-methyl/N-ethyl adjacent to an activating group) is 1. The van der Waals surface area contributed by atoms with Crippen molar-refractivity contribution in [2.45, 2.75) is 6.54 Å². The van der Waals surface area contributed by atoms with E-state index in [0.29, 0.717) is 5.69 Å². The van der Waals surface area contributed by atoms with E-state index >= 15 is 0 Å². The molecule has 0 saturated heterocycles. The van der Waals surface area contributed by atoms with Crippen LogP contribution < -0.4 is 0 Å². The van der Waals surface area contributed by atoms with Gasteiger partial charge in [0, 0.05) is 13.6 Å². The molecule has 4 nitrogen and oxygen atoms in total. The van der Waals surface area contributed by atoms with Gasteiger partial charge in [-0.1, -0.05) is 0 Å². The number of nitrogens with zero attached hydrogens (tertiary/aromatic N) is 3. The minimum absolute atomic E-state index is 0.0330. The van der Waals surface area contributed by atoms with Crippen LogP contribution in [0.2, 0.25) is 0 Å². The number of hydrogen-bond donors (Lipinski definition) is 0. The van der Waals surface area contributed by atoms with Gasteiger partial charge >= 0.3 is 0 Å². The van der Waals surface area contributed by atoms with Crippen molar-refractivity contribution in [3.05, 3.63) is 16.4 Å². The van der Waals surface area contributed by atoms with Crippen molar-refractivity contribution in [1.82, 2.24) is 14.7 Å². The highest BCUT2D eigenvalue weighted by molar-refractivity contribution is 9.10. The summed E-state index contributed by atoms with van der Waals surface area (Å²) in [6, 6.07) is 0. The molecule has 1 aromatic rings. The van der Waals surface area contributed by atoms with Crippen molar-refractivity contribution >= 4 is 21.8 Å². The van der Waals surface area contributed by atoms with E-state index in [9.17, 15) is 4.79 Å². The number of hydrogen-bond acceptors (Lipinski definition) is 2. The molecule has 0 atom stereocenters. The van der Waals surface area contributed by atoms with Gasteiger partial charge < -0.3 is 4.90 Å². The monoisotopic (exact) mass is 229 g/mol. The molecule has 1 aliphatic rings. The molecule has 1 aliphatic heterocycles. The zero-order valence-electron chi connectivity index (χ0n) is 6.62. The van der Waals surface area contributed by atoms with Gasteiger partial charge in [-0.3, -0.25) is 9.48 Å². The standard InChI is InChI=1S/C7H8BrN3O/c1-10-2-3-11-6(7(10)12)5(8)4-9-11/h4H,2-3H2,1H3. The largest absolute Gasteiger partial charge is 0.338 e. The first-order chi connectivity index (χ1) is 5.70. The van der Waals surface area contributed by atoms with E-state index < -0.39 is 0 Å². The third-order valence-electron chi connectivity index (χ3n) is 1.99. The summed E-state index contributed by atoms with van der Waals surface area (Å²) in [5, 5.41) is 4.06. The molecule has 0 fully saturated rings. The summed E-state index contributed by atoms with van der Waals surface area (Å²) in [6.07, 6.45) is 1.66. The molecule has 0 radical (unpaired) electrons. The average Bonchev–Trinajstić information content (AvgIpc) is 2.41. The second kappa shape index (κ2) is 2.58. The topological polar surface area (TPSA) is 38.1 Å². The van der Waals surface area contributed by atoms with Gasteiger partial charge in [0.25, 0.3) is 5.91 Å². The number of halogens is 1. The predicted molar refractivity (Wildman–Crippen MR) is 46.9 cm³/mol. The molecule has 2 rings (SSSR count). The zero-order valence-corrected chi connectivity index (χ0v) is 8.21. The summed E-state index contributed by atoms with van der Waals surface area (Å²) in [4.78, 5) is 13.2. The Hall–Kier alpha value is -0.840. The lowest BCUT2D eigenvalue weighted by Crippen LogP contribution is -2.37. The van der Waals surface area contributed by atoms with Crippen molar-refractivity contribution < 1.29 is 4.79 Å². The molecule has 0 spiro atoms. The van der Waals surface area contributed by atoms with E-state index in [0.717, 1.165) is 17.6 Å². The van der Waals surface area contributed by atoms with Crippen LogP contribution >= 0.6 is 15.9 Å². The van der Waals surface area contributed by atoms with Crippen LogP contribution in [0.4, 0.5) is 0 Å². The fourth-order valence-electron chi connectivity index (χ4n) is 1.27. The highest BCUT2D eigenvalue weighted by Crippen LogP contribution is 2.20. The van der Waals surface area contributed by atoms with Gasteiger partial charge in [-0.25, -0.2) is 0 Å². The molecule has 0 unspecified atom stereocenters. The van der Waals surface area contributed by atoms with Crippen LogP contribution in [-0.2, 0) is 6.54 Å². The number of amides is 1. The normalized spacial score (nSPS) is 16.5. The molecular formula is C7H8BrN3O. The third-order valence-corrected chi connectivity index (χ3v) is 2.57. The van der Waals surface area contributed by atoms with Crippen LogP contribution in [0.5, 0.6) is 0 Å². The average molecular weight is 230 g/mol.